The molecule has 0 unspecified atom stereocenters. The van der Waals surface area contributed by atoms with E-state index in [9.17, 15) is 13.2 Å². The molecule has 0 bridgehead atoms. The summed E-state index contributed by atoms with van der Waals surface area (Å²) in [4.78, 5) is 12.5. The Morgan fingerprint density at radius 2 is 1.97 bits per heavy atom. The van der Waals surface area contributed by atoms with Crippen LogP contribution in [0.5, 0.6) is 5.75 Å². The smallest absolute Gasteiger partial charge is 0.304 e. The van der Waals surface area contributed by atoms with E-state index < -0.39 is 10.2 Å². The molecule has 1 aromatic carbocycles. The quantitative estimate of drug-likeness (QED) is 0.625. The second kappa shape index (κ2) is 10.8. The molecule has 1 aliphatic heterocycles. The van der Waals surface area contributed by atoms with E-state index in [-0.39, 0.29) is 18.4 Å². The van der Waals surface area contributed by atoms with E-state index in [1.165, 1.54) is 8.61 Å². The van der Waals surface area contributed by atoms with Gasteiger partial charge in [0.2, 0.25) is 5.91 Å². The summed E-state index contributed by atoms with van der Waals surface area (Å²) in [5, 5.41) is 2.96. The molecule has 1 heterocycles. The number of benzene rings is 1. The fraction of sp³-hybridized carbons (Fsp3) is 0.667. The summed E-state index contributed by atoms with van der Waals surface area (Å²) in [7, 11) is -3.71. The number of nitrogens with one attached hydrogen (secondary N) is 1. The Kier molecular flexibility index (Phi) is 8.77. The van der Waals surface area contributed by atoms with Gasteiger partial charge in [0.05, 0.1) is 18.2 Å². The average molecular weight is 426 g/mol. The highest BCUT2D eigenvalue weighted by Gasteiger charge is 2.35. The molecule has 0 radical (unpaired) electrons. The standard InChI is InChI=1S/C21H35N3O4S/c1-5-24(19-9-11-20(12-10-19)28-6-2)29(26,27)23-15-7-8-18(16-23)21(25)22-14-13-17(3)4/h9-12,17-18H,5-8,13-16H2,1-4H3,(H,22,25)/t18-/m1/s1. The minimum absolute atomic E-state index is 0.0466. The number of anilines is 1. The second-order valence-electron chi connectivity index (χ2n) is 7.77. The van der Waals surface area contributed by atoms with Crippen LogP contribution in [0.15, 0.2) is 24.3 Å². The molecule has 1 aliphatic rings. The summed E-state index contributed by atoms with van der Waals surface area (Å²) in [5.41, 5.74) is 0.597. The minimum Gasteiger partial charge on any atom is -0.494 e. The summed E-state index contributed by atoms with van der Waals surface area (Å²) in [6, 6.07) is 7.06. The van der Waals surface area contributed by atoms with Crippen LogP contribution in [0, 0.1) is 11.8 Å². The lowest BCUT2D eigenvalue weighted by Crippen LogP contribution is -2.50. The highest BCUT2D eigenvalue weighted by Crippen LogP contribution is 2.27. The van der Waals surface area contributed by atoms with Crippen LogP contribution in [0.1, 0.15) is 47.0 Å². The largest absolute Gasteiger partial charge is 0.494 e. The van der Waals surface area contributed by atoms with Crippen molar-refractivity contribution in [1.82, 2.24) is 9.62 Å². The molecule has 1 atom stereocenters. The number of nitrogens with zero attached hydrogens (tertiary/aromatic N) is 2. The van der Waals surface area contributed by atoms with Crippen LogP contribution >= 0.6 is 0 Å². The van der Waals surface area contributed by atoms with E-state index >= 15 is 0 Å². The number of ether oxygens (including phenoxy) is 1. The fourth-order valence-corrected chi connectivity index (χ4v) is 5.21. The normalized spacial score (nSPS) is 17.9. The maximum Gasteiger partial charge on any atom is 0.304 e. The Hall–Kier alpha value is -1.80. The van der Waals surface area contributed by atoms with Gasteiger partial charge in [-0.05, 0) is 63.3 Å². The van der Waals surface area contributed by atoms with Crippen molar-refractivity contribution in [3.63, 3.8) is 0 Å². The van der Waals surface area contributed by atoms with Crippen molar-refractivity contribution in [3.05, 3.63) is 24.3 Å². The topological polar surface area (TPSA) is 79.0 Å². The Bertz CT molecular complexity index is 750. The van der Waals surface area contributed by atoms with Gasteiger partial charge in [-0.3, -0.25) is 9.10 Å². The van der Waals surface area contributed by atoms with Crippen LogP contribution in [-0.4, -0.2) is 51.4 Å². The monoisotopic (exact) mass is 425 g/mol. The molecule has 2 rings (SSSR count). The molecule has 7 nitrogen and oxygen atoms in total. The number of hydrogen-bond acceptors (Lipinski definition) is 4. The summed E-state index contributed by atoms with van der Waals surface area (Å²) < 4.78 is 34.9. The van der Waals surface area contributed by atoms with Gasteiger partial charge in [-0.1, -0.05) is 13.8 Å². The molecule has 1 N–H and O–H groups in total. The Morgan fingerprint density at radius 1 is 1.28 bits per heavy atom. The van der Waals surface area contributed by atoms with Crippen LogP contribution in [-0.2, 0) is 15.0 Å². The molecular weight excluding hydrogens is 390 g/mol. The van der Waals surface area contributed by atoms with Crippen molar-refractivity contribution in [2.75, 3.05) is 37.1 Å². The molecule has 1 saturated heterocycles. The highest BCUT2D eigenvalue weighted by molar-refractivity contribution is 7.90. The van der Waals surface area contributed by atoms with E-state index in [1.54, 1.807) is 24.3 Å². The molecule has 0 aliphatic carbocycles. The van der Waals surface area contributed by atoms with E-state index in [4.69, 9.17) is 4.74 Å². The van der Waals surface area contributed by atoms with Crippen molar-refractivity contribution in [2.24, 2.45) is 11.8 Å². The van der Waals surface area contributed by atoms with Gasteiger partial charge in [-0.15, -0.1) is 0 Å². The molecule has 1 aromatic rings. The molecule has 8 heteroatoms. The van der Waals surface area contributed by atoms with Crippen molar-refractivity contribution >= 4 is 21.8 Å². The highest BCUT2D eigenvalue weighted by atomic mass is 32.2. The van der Waals surface area contributed by atoms with Gasteiger partial charge in [0.15, 0.2) is 0 Å². The molecule has 0 spiro atoms. The second-order valence-corrected chi connectivity index (χ2v) is 9.62. The molecule has 29 heavy (non-hydrogen) atoms. The number of carbonyl (C=O) groups is 1. The molecule has 1 amide bonds. The molecule has 0 aromatic heterocycles. The summed E-state index contributed by atoms with van der Waals surface area (Å²) in [5.74, 6) is 0.881. The maximum absolute atomic E-state index is 13.3. The van der Waals surface area contributed by atoms with Gasteiger partial charge in [0, 0.05) is 26.2 Å². The third-order valence-corrected chi connectivity index (χ3v) is 7.11. The Balaban J connectivity index is 2.08. The molecule has 1 fully saturated rings. The van der Waals surface area contributed by atoms with Crippen LogP contribution in [0.2, 0.25) is 0 Å². The summed E-state index contributed by atoms with van der Waals surface area (Å²) in [6.07, 6.45) is 2.32. The Morgan fingerprint density at radius 3 is 2.55 bits per heavy atom. The van der Waals surface area contributed by atoms with E-state index in [2.05, 4.69) is 19.2 Å². The number of rotatable bonds is 10. The van der Waals surface area contributed by atoms with Crippen molar-refractivity contribution < 1.29 is 17.9 Å². The maximum atomic E-state index is 13.3. The molecular formula is C21H35N3O4S. The molecule has 0 saturated carbocycles. The van der Waals surface area contributed by atoms with Crippen molar-refractivity contribution in [3.8, 4) is 5.75 Å². The minimum atomic E-state index is -3.71. The number of carbonyl (C=O) groups excluding carboxylic acids is 1. The first-order chi connectivity index (χ1) is 13.8. The zero-order valence-corrected chi connectivity index (χ0v) is 18.9. The Labute approximate surface area is 175 Å². The first-order valence-corrected chi connectivity index (χ1v) is 12.0. The number of amides is 1. The lowest BCUT2D eigenvalue weighted by molar-refractivity contribution is -0.126. The summed E-state index contributed by atoms with van der Waals surface area (Å²) >= 11 is 0. The lowest BCUT2D eigenvalue weighted by Gasteiger charge is -2.35. The van der Waals surface area contributed by atoms with Gasteiger partial charge < -0.3 is 10.1 Å². The van der Waals surface area contributed by atoms with Crippen LogP contribution < -0.4 is 14.4 Å². The van der Waals surface area contributed by atoms with Crippen LogP contribution in [0.3, 0.4) is 0 Å². The summed E-state index contributed by atoms with van der Waals surface area (Å²) in [6.45, 7) is 10.1. The van der Waals surface area contributed by atoms with Gasteiger partial charge in [0.1, 0.15) is 5.75 Å². The zero-order chi connectivity index (χ0) is 21.4. The fourth-order valence-electron chi connectivity index (χ4n) is 3.49. The van der Waals surface area contributed by atoms with Gasteiger partial charge >= 0.3 is 10.2 Å². The first-order valence-electron chi connectivity index (χ1n) is 10.6. The predicted molar refractivity (Wildman–Crippen MR) is 116 cm³/mol. The third-order valence-electron chi connectivity index (χ3n) is 5.10. The van der Waals surface area contributed by atoms with Gasteiger partial charge in [-0.25, -0.2) is 0 Å². The third kappa shape index (κ3) is 6.34. The zero-order valence-electron chi connectivity index (χ0n) is 18.1. The van der Waals surface area contributed by atoms with Crippen LogP contribution in [0.25, 0.3) is 0 Å². The first kappa shape index (κ1) is 23.5. The lowest BCUT2D eigenvalue weighted by atomic mass is 9.98. The SMILES string of the molecule is CCOc1ccc(N(CC)S(=O)(=O)N2CCC[C@@H](C(=O)NCCC(C)C)C2)cc1. The number of hydrogen-bond donors (Lipinski definition) is 1. The van der Waals surface area contributed by atoms with Gasteiger partial charge in [-0.2, -0.15) is 12.7 Å². The van der Waals surface area contributed by atoms with Crippen molar-refractivity contribution in [1.29, 1.82) is 0 Å². The van der Waals surface area contributed by atoms with E-state index in [0.717, 1.165) is 6.42 Å². The number of piperidine rings is 1. The van der Waals surface area contributed by atoms with Gasteiger partial charge in [0.25, 0.3) is 0 Å². The average Bonchev–Trinajstić information content (AvgIpc) is 2.69. The van der Waals surface area contributed by atoms with Crippen LogP contribution in [0.4, 0.5) is 5.69 Å². The van der Waals surface area contributed by atoms with E-state index in [1.807, 2.05) is 13.8 Å². The van der Waals surface area contributed by atoms with Crippen molar-refractivity contribution in [2.45, 2.75) is 47.0 Å². The predicted octanol–water partition coefficient (Wildman–Crippen LogP) is 3.03. The van der Waals surface area contributed by atoms with E-state index in [0.29, 0.717) is 56.4 Å². The molecule has 164 valence electrons.